The average Bonchev–Trinajstić information content (AvgIpc) is 2.77. The summed E-state index contributed by atoms with van der Waals surface area (Å²) in [5.74, 6) is 1.04. The van der Waals surface area contributed by atoms with Gasteiger partial charge in [-0.1, -0.05) is 46.0 Å². The molecule has 1 heterocycles. The molecule has 0 spiro atoms. The number of rotatable bonds is 10. The van der Waals surface area contributed by atoms with Gasteiger partial charge in [-0.3, -0.25) is 4.68 Å². The highest BCUT2D eigenvalue weighted by atomic mass is 15.3. The van der Waals surface area contributed by atoms with E-state index in [-0.39, 0.29) is 6.04 Å². The third-order valence-electron chi connectivity index (χ3n) is 3.25. The molecule has 2 N–H and O–H groups in total. The minimum Gasteiger partial charge on any atom is -0.327 e. The quantitative estimate of drug-likeness (QED) is 0.651. The maximum absolute atomic E-state index is 6.16. The summed E-state index contributed by atoms with van der Waals surface area (Å²) in [5.41, 5.74) is 6.16. The van der Waals surface area contributed by atoms with E-state index in [0.717, 1.165) is 31.6 Å². The van der Waals surface area contributed by atoms with Crippen molar-refractivity contribution in [2.75, 3.05) is 0 Å². The SMILES string of the molecule is CCCCCCCC(N)Cc1ncnn1CCC. The van der Waals surface area contributed by atoms with Crippen molar-refractivity contribution in [3.05, 3.63) is 12.2 Å². The molecule has 0 saturated heterocycles. The molecule has 0 amide bonds. The van der Waals surface area contributed by atoms with E-state index in [1.54, 1.807) is 6.33 Å². The molecule has 0 aliphatic carbocycles. The van der Waals surface area contributed by atoms with Gasteiger partial charge in [-0.2, -0.15) is 5.10 Å². The molecule has 104 valence electrons. The van der Waals surface area contributed by atoms with Gasteiger partial charge in [0.15, 0.2) is 0 Å². The van der Waals surface area contributed by atoms with Crippen molar-refractivity contribution < 1.29 is 0 Å². The Bertz CT molecular complexity index is 308. The molecule has 4 heteroatoms. The zero-order valence-corrected chi connectivity index (χ0v) is 11.9. The Balaban J connectivity index is 2.22. The molecule has 0 bridgehead atoms. The van der Waals surface area contributed by atoms with E-state index in [4.69, 9.17) is 5.73 Å². The van der Waals surface area contributed by atoms with Crippen LogP contribution >= 0.6 is 0 Å². The first-order chi connectivity index (χ1) is 8.77. The average molecular weight is 252 g/mol. The summed E-state index contributed by atoms with van der Waals surface area (Å²) < 4.78 is 1.98. The van der Waals surface area contributed by atoms with Crippen molar-refractivity contribution in [3.63, 3.8) is 0 Å². The minimum absolute atomic E-state index is 0.228. The molecule has 1 unspecified atom stereocenters. The molecule has 18 heavy (non-hydrogen) atoms. The van der Waals surface area contributed by atoms with E-state index >= 15 is 0 Å². The van der Waals surface area contributed by atoms with Crippen LogP contribution in [0.25, 0.3) is 0 Å². The van der Waals surface area contributed by atoms with Crippen LogP contribution in [0.5, 0.6) is 0 Å². The molecule has 0 aliphatic rings. The van der Waals surface area contributed by atoms with Crippen LogP contribution in [0.4, 0.5) is 0 Å². The molecule has 0 radical (unpaired) electrons. The Labute approximate surface area is 111 Å². The second-order valence-electron chi connectivity index (χ2n) is 5.07. The molecule has 0 aliphatic heterocycles. The fourth-order valence-corrected chi connectivity index (χ4v) is 2.19. The van der Waals surface area contributed by atoms with Crippen molar-refractivity contribution in [1.29, 1.82) is 0 Å². The van der Waals surface area contributed by atoms with E-state index in [0.29, 0.717) is 0 Å². The highest BCUT2D eigenvalue weighted by Crippen LogP contribution is 2.09. The maximum Gasteiger partial charge on any atom is 0.138 e. The third-order valence-corrected chi connectivity index (χ3v) is 3.25. The maximum atomic E-state index is 6.16. The van der Waals surface area contributed by atoms with Crippen LogP contribution in [0.2, 0.25) is 0 Å². The second kappa shape index (κ2) is 9.09. The Morgan fingerprint density at radius 1 is 1.17 bits per heavy atom. The van der Waals surface area contributed by atoms with Crippen molar-refractivity contribution in [2.45, 2.75) is 77.8 Å². The topological polar surface area (TPSA) is 56.7 Å². The van der Waals surface area contributed by atoms with Crippen LogP contribution < -0.4 is 5.73 Å². The van der Waals surface area contributed by atoms with Gasteiger partial charge < -0.3 is 5.73 Å². The van der Waals surface area contributed by atoms with Gasteiger partial charge in [0, 0.05) is 19.0 Å². The monoisotopic (exact) mass is 252 g/mol. The summed E-state index contributed by atoms with van der Waals surface area (Å²) in [6.45, 7) is 5.34. The van der Waals surface area contributed by atoms with Gasteiger partial charge >= 0.3 is 0 Å². The summed E-state index contributed by atoms with van der Waals surface area (Å²) in [4.78, 5) is 4.30. The largest absolute Gasteiger partial charge is 0.327 e. The van der Waals surface area contributed by atoms with E-state index in [9.17, 15) is 0 Å². The van der Waals surface area contributed by atoms with Gasteiger partial charge in [0.25, 0.3) is 0 Å². The van der Waals surface area contributed by atoms with E-state index < -0.39 is 0 Å². The van der Waals surface area contributed by atoms with Crippen LogP contribution in [0.15, 0.2) is 6.33 Å². The summed E-state index contributed by atoms with van der Waals surface area (Å²) in [7, 11) is 0. The van der Waals surface area contributed by atoms with Crippen molar-refractivity contribution in [2.24, 2.45) is 5.73 Å². The highest BCUT2D eigenvalue weighted by Gasteiger charge is 2.09. The van der Waals surface area contributed by atoms with Crippen LogP contribution in [0, 0.1) is 0 Å². The van der Waals surface area contributed by atoms with Gasteiger partial charge in [-0.05, 0) is 12.8 Å². The first kappa shape index (κ1) is 15.2. The van der Waals surface area contributed by atoms with E-state index in [2.05, 4.69) is 23.9 Å². The van der Waals surface area contributed by atoms with Gasteiger partial charge in [0.1, 0.15) is 12.2 Å². The Morgan fingerprint density at radius 2 is 1.94 bits per heavy atom. The lowest BCUT2D eigenvalue weighted by Crippen LogP contribution is -2.25. The molecule has 1 aromatic rings. The molecule has 1 rings (SSSR count). The number of aryl methyl sites for hydroxylation is 1. The predicted molar refractivity (Wildman–Crippen MR) is 75.4 cm³/mol. The first-order valence-corrected chi connectivity index (χ1v) is 7.40. The number of nitrogens with zero attached hydrogens (tertiary/aromatic N) is 3. The smallest absolute Gasteiger partial charge is 0.138 e. The first-order valence-electron chi connectivity index (χ1n) is 7.40. The molecule has 0 saturated carbocycles. The van der Waals surface area contributed by atoms with Gasteiger partial charge in [-0.25, -0.2) is 4.98 Å². The fourth-order valence-electron chi connectivity index (χ4n) is 2.19. The zero-order valence-electron chi connectivity index (χ0n) is 11.9. The molecule has 1 atom stereocenters. The predicted octanol–water partition coefficient (Wildman–Crippen LogP) is 2.92. The van der Waals surface area contributed by atoms with Crippen molar-refractivity contribution in [3.8, 4) is 0 Å². The zero-order chi connectivity index (χ0) is 13.2. The fraction of sp³-hybridized carbons (Fsp3) is 0.857. The number of nitrogens with two attached hydrogens (primary N) is 1. The second-order valence-corrected chi connectivity index (χ2v) is 5.07. The van der Waals surface area contributed by atoms with Crippen molar-refractivity contribution in [1.82, 2.24) is 14.8 Å². The summed E-state index contributed by atoms with van der Waals surface area (Å²) in [6.07, 6.45) is 11.2. The molecular weight excluding hydrogens is 224 g/mol. The van der Waals surface area contributed by atoms with Gasteiger partial charge in [0.05, 0.1) is 0 Å². The molecular formula is C14H28N4. The van der Waals surface area contributed by atoms with Gasteiger partial charge in [0.2, 0.25) is 0 Å². The Kier molecular flexibility index (Phi) is 7.65. The summed E-state index contributed by atoms with van der Waals surface area (Å²) in [5, 5.41) is 4.23. The molecule has 4 nitrogen and oxygen atoms in total. The molecule has 1 aromatic heterocycles. The van der Waals surface area contributed by atoms with E-state index in [1.807, 2.05) is 4.68 Å². The number of hydrogen-bond donors (Lipinski definition) is 1. The van der Waals surface area contributed by atoms with Crippen LogP contribution in [0.3, 0.4) is 0 Å². The lowest BCUT2D eigenvalue weighted by atomic mass is 10.0. The van der Waals surface area contributed by atoms with Crippen LogP contribution in [-0.2, 0) is 13.0 Å². The summed E-state index contributed by atoms with van der Waals surface area (Å²) >= 11 is 0. The lowest BCUT2D eigenvalue weighted by molar-refractivity contribution is 0.503. The highest BCUT2D eigenvalue weighted by molar-refractivity contribution is 4.88. The van der Waals surface area contributed by atoms with E-state index in [1.165, 1.54) is 32.1 Å². The normalized spacial score (nSPS) is 12.8. The van der Waals surface area contributed by atoms with Gasteiger partial charge in [-0.15, -0.1) is 0 Å². The van der Waals surface area contributed by atoms with Crippen LogP contribution in [-0.4, -0.2) is 20.8 Å². The van der Waals surface area contributed by atoms with Crippen molar-refractivity contribution >= 4 is 0 Å². The number of unbranched alkanes of at least 4 members (excludes halogenated alkanes) is 4. The summed E-state index contributed by atoms with van der Waals surface area (Å²) in [6, 6.07) is 0.228. The van der Waals surface area contributed by atoms with Crippen LogP contribution in [0.1, 0.15) is 64.6 Å². The molecule has 0 aromatic carbocycles. The minimum atomic E-state index is 0.228. The standard InChI is InChI=1S/C14H28N4/c1-3-5-6-7-8-9-13(15)11-14-16-12-17-18(14)10-4-2/h12-13H,3-11,15H2,1-2H3. The third kappa shape index (κ3) is 5.63. The number of aromatic nitrogens is 3. The Morgan fingerprint density at radius 3 is 2.67 bits per heavy atom. The molecule has 0 fully saturated rings. The number of hydrogen-bond acceptors (Lipinski definition) is 3. The lowest BCUT2D eigenvalue weighted by Gasteiger charge is -2.11. The Hall–Kier alpha value is -0.900.